The molecule has 0 bridgehead atoms. The topological polar surface area (TPSA) is 68.2 Å². The molecule has 162 valence electrons. The Morgan fingerprint density at radius 1 is 1.30 bits per heavy atom. The fourth-order valence-corrected chi connectivity index (χ4v) is 3.19. The third kappa shape index (κ3) is 5.94. The standard InChI is InChI=1S/C20H23F3N4O2S/c1-2-29-18(28)14-6-8-15(9-7-14)25-19(30)24-10-3-11-27-16(13-4-5-13)12-17(26-27)20(21,22)23/h6-9,12-13H,2-5,10-11H2,1H3,(H2,24,25,30). The second kappa shape index (κ2) is 9.46. The molecule has 0 saturated heterocycles. The van der Waals surface area contributed by atoms with Crippen molar-refractivity contribution in [2.45, 2.75) is 44.8 Å². The molecule has 3 rings (SSSR count). The van der Waals surface area contributed by atoms with Crippen LogP contribution >= 0.6 is 12.2 Å². The van der Waals surface area contributed by atoms with E-state index in [1.165, 1.54) is 4.68 Å². The summed E-state index contributed by atoms with van der Waals surface area (Å²) in [5.41, 5.74) is 0.981. The zero-order valence-corrected chi connectivity index (χ0v) is 17.3. The molecule has 0 unspecified atom stereocenters. The summed E-state index contributed by atoms with van der Waals surface area (Å²) in [7, 11) is 0. The Morgan fingerprint density at radius 2 is 2.00 bits per heavy atom. The molecule has 1 aliphatic rings. The van der Waals surface area contributed by atoms with Crippen LogP contribution in [0.25, 0.3) is 0 Å². The van der Waals surface area contributed by atoms with Crippen LogP contribution in [0.15, 0.2) is 30.3 Å². The smallest absolute Gasteiger partial charge is 0.435 e. The van der Waals surface area contributed by atoms with Crippen molar-refractivity contribution in [1.82, 2.24) is 15.1 Å². The first-order valence-corrected chi connectivity index (χ1v) is 10.2. The van der Waals surface area contributed by atoms with Crippen molar-refractivity contribution in [1.29, 1.82) is 0 Å². The lowest BCUT2D eigenvalue weighted by Gasteiger charge is -2.12. The zero-order chi connectivity index (χ0) is 21.7. The second-order valence-electron chi connectivity index (χ2n) is 6.98. The lowest BCUT2D eigenvalue weighted by molar-refractivity contribution is -0.141. The highest BCUT2D eigenvalue weighted by Crippen LogP contribution is 2.42. The van der Waals surface area contributed by atoms with Crippen LogP contribution in [0.1, 0.15) is 53.8 Å². The Labute approximate surface area is 177 Å². The van der Waals surface area contributed by atoms with Crippen molar-refractivity contribution in [3.05, 3.63) is 47.3 Å². The predicted octanol–water partition coefficient (Wildman–Crippen LogP) is 4.33. The molecular formula is C20H23F3N4O2S. The summed E-state index contributed by atoms with van der Waals surface area (Å²) in [5.74, 6) is -0.204. The van der Waals surface area contributed by atoms with Gasteiger partial charge in [0.15, 0.2) is 10.8 Å². The van der Waals surface area contributed by atoms with Crippen molar-refractivity contribution in [2.75, 3.05) is 18.5 Å². The minimum Gasteiger partial charge on any atom is -0.462 e. The van der Waals surface area contributed by atoms with Crippen LogP contribution < -0.4 is 10.6 Å². The fourth-order valence-electron chi connectivity index (χ4n) is 2.97. The van der Waals surface area contributed by atoms with Crippen LogP contribution in [0.4, 0.5) is 18.9 Å². The highest BCUT2D eigenvalue weighted by atomic mass is 32.1. The van der Waals surface area contributed by atoms with Gasteiger partial charge in [0.1, 0.15) is 0 Å². The molecular weight excluding hydrogens is 417 g/mol. The van der Waals surface area contributed by atoms with Gasteiger partial charge in [-0.1, -0.05) is 0 Å². The molecule has 2 N–H and O–H groups in total. The molecule has 0 atom stereocenters. The second-order valence-corrected chi connectivity index (χ2v) is 7.39. The first kappa shape index (κ1) is 22.1. The Morgan fingerprint density at radius 3 is 2.60 bits per heavy atom. The number of hydrogen-bond acceptors (Lipinski definition) is 4. The molecule has 0 spiro atoms. The molecule has 1 heterocycles. The Hall–Kier alpha value is -2.62. The Kier molecular flexibility index (Phi) is 6.96. The van der Waals surface area contributed by atoms with E-state index in [2.05, 4.69) is 15.7 Å². The SMILES string of the molecule is CCOC(=O)c1ccc(NC(=S)NCCCn2nc(C(F)(F)F)cc2C2CC2)cc1. The van der Waals surface area contributed by atoms with Gasteiger partial charge in [0.2, 0.25) is 0 Å². The molecule has 0 amide bonds. The van der Waals surface area contributed by atoms with Gasteiger partial charge in [-0.2, -0.15) is 18.3 Å². The van der Waals surface area contributed by atoms with E-state index in [4.69, 9.17) is 17.0 Å². The van der Waals surface area contributed by atoms with Gasteiger partial charge in [0.05, 0.1) is 12.2 Å². The molecule has 1 aromatic heterocycles. The predicted molar refractivity (Wildman–Crippen MR) is 110 cm³/mol. The van der Waals surface area contributed by atoms with Crippen molar-refractivity contribution < 1.29 is 22.7 Å². The van der Waals surface area contributed by atoms with Crippen LogP contribution in [0.5, 0.6) is 0 Å². The van der Waals surface area contributed by atoms with Crippen LogP contribution in [0, 0.1) is 0 Å². The number of anilines is 1. The Bertz CT molecular complexity index is 892. The molecule has 1 saturated carbocycles. The van der Waals surface area contributed by atoms with Crippen molar-refractivity contribution in [2.24, 2.45) is 0 Å². The summed E-state index contributed by atoms with van der Waals surface area (Å²) >= 11 is 5.24. The van der Waals surface area contributed by atoms with Gasteiger partial charge in [0.25, 0.3) is 0 Å². The molecule has 1 aromatic carbocycles. The monoisotopic (exact) mass is 440 g/mol. The number of aryl methyl sites for hydroxylation is 1. The fraction of sp³-hybridized carbons (Fsp3) is 0.450. The number of halogens is 3. The number of rotatable bonds is 8. The zero-order valence-electron chi connectivity index (χ0n) is 16.5. The van der Waals surface area contributed by atoms with E-state index in [9.17, 15) is 18.0 Å². The molecule has 1 fully saturated rings. The van der Waals surface area contributed by atoms with Crippen LogP contribution in [0.2, 0.25) is 0 Å². The summed E-state index contributed by atoms with van der Waals surface area (Å²) in [4.78, 5) is 11.6. The minimum absolute atomic E-state index is 0.182. The van der Waals surface area contributed by atoms with Gasteiger partial charge in [-0.25, -0.2) is 4.79 Å². The maximum Gasteiger partial charge on any atom is 0.435 e. The number of hydrogen-bond donors (Lipinski definition) is 2. The van der Waals surface area contributed by atoms with E-state index in [1.807, 2.05) is 0 Å². The highest BCUT2D eigenvalue weighted by Gasteiger charge is 2.37. The summed E-state index contributed by atoms with van der Waals surface area (Å²) < 4.78 is 45.2. The maximum atomic E-state index is 12.9. The summed E-state index contributed by atoms with van der Waals surface area (Å²) in [6.45, 7) is 2.92. The van der Waals surface area contributed by atoms with Crippen LogP contribution in [0.3, 0.4) is 0 Å². The lowest BCUT2D eigenvalue weighted by Crippen LogP contribution is -2.30. The van der Waals surface area contributed by atoms with Gasteiger partial charge >= 0.3 is 12.1 Å². The van der Waals surface area contributed by atoms with Crippen molar-refractivity contribution in [3.63, 3.8) is 0 Å². The van der Waals surface area contributed by atoms with E-state index in [0.29, 0.717) is 48.2 Å². The van der Waals surface area contributed by atoms with Gasteiger partial charge in [-0.05, 0) is 68.7 Å². The van der Waals surface area contributed by atoms with Gasteiger partial charge in [-0.15, -0.1) is 0 Å². The number of thiocarbonyl (C=S) groups is 1. The molecule has 2 aromatic rings. The quantitative estimate of drug-likeness (QED) is 0.362. The number of nitrogens with zero attached hydrogens (tertiary/aromatic N) is 2. The number of carbonyl (C=O) groups excluding carboxylic acids is 1. The molecule has 1 aliphatic carbocycles. The third-order valence-electron chi connectivity index (χ3n) is 4.58. The number of aromatic nitrogens is 2. The molecule has 6 nitrogen and oxygen atoms in total. The number of ether oxygens (including phenoxy) is 1. The van der Waals surface area contributed by atoms with Crippen molar-refractivity contribution in [3.8, 4) is 0 Å². The number of esters is 1. The average Bonchev–Trinajstić information content (AvgIpc) is 3.44. The van der Waals surface area contributed by atoms with Gasteiger partial charge in [0, 0.05) is 30.4 Å². The van der Waals surface area contributed by atoms with Crippen LogP contribution in [-0.2, 0) is 17.5 Å². The van der Waals surface area contributed by atoms with Gasteiger partial charge in [-0.3, -0.25) is 4.68 Å². The van der Waals surface area contributed by atoms with Crippen molar-refractivity contribution >= 4 is 29.0 Å². The number of carbonyl (C=O) groups is 1. The van der Waals surface area contributed by atoms with E-state index in [0.717, 1.165) is 18.9 Å². The maximum absolute atomic E-state index is 12.9. The highest BCUT2D eigenvalue weighted by molar-refractivity contribution is 7.80. The first-order valence-electron chi connectivity index (χ1n) is 9.75. The van der Waals surface area contributed by atoms with E-state index < -0.39 is 11.9 Å². The summed E-state index contributed by atoms with van der Waals surface area (Å²) in [6.07, 6.45) is -2.04. The minimum atomic E-state index is -4.43. The van der Waals surface area contributed by atoms with E-state index in [1.54, 1.807) is 31.2 Å². The molecule has 0 radical (unpaired) electrons. The Balaban J connectivity index is 1.45. The number of nitrogens with one attached hydrogen (secondary N) is 2. The lowest BCUT2D eigenvalue weighted by atomic mass is 10.2. The van der Waals surface area contributed by atoms with E-state index >= 15 is 0 Å². The number of alkyl halides is 3. The van der Waals surface area contributed by atoms with E-state index in [-0.39, 0.29) is 11.9 Å². The normalized spacial score (nSPS) is 13.7. The third-order valence-corrected chi connectivity index (χ3v) is 4.83. The average molecular weight is 440 g/mol. The van der Waals surface area contributed by atoms with Gasteiger partial charge < -0.3 is 15.4 Å². The number of benzene rings is 1. The molecule has 30 heavy (non-hydrogen) atoms. The summed E-state index contributed by atoms with van der Waals surface area (Å²) in [6, 6.07) is 7.86. The molecule has 0 aliphatic heterocycles. The molecule has 10 heteroatoms. The van der Waals surface area contributed by atoms with Crippen LogP contribution in [-0.4, -0.2) is 34.0 Å². The first-order chi connectivity index (χ1) is 14.3. The summed E-state index contributed by atoms with van der Waals surface area (Å²) in [5, 5.41) is 10.2. The largest absolute Gasteiger partial charge is 0.462 e.